The molecule has 2 heterocycles. The SMILES string of the molecule is CC(C)(C)OC(=O)N1CCC(c2ccc([C@@H]3CCC(=O)NC3=O)cc2)CC1. The maximum Gasteiger partial charge on any atom is 0.410 e. The average molecular weight is 372 g/mol. The number of rotatable bonds is 2. The van der Waals surface area contributed by atoms with E-state index in [1.807, 2.05) is 32.9 Å². The Labute approximate surface area is 160 Å². The Morgan fingerprint density at radius 3 is 2.19 bits per heavy atom. The molecule has 3 rings (SSSR count). The lowest BCUT2D eigenvalue weighted by Gasteiger charge is -2.33. The molecule has 1 aromatic rings. The van der Waals surface area contributed by atoms with Crippen molar-refractivity contribution in [2.45, 2.75) is 63.9 Å². The first kappa shape index (κ1) is 19.4. The molecule has 2 aliphatic rings. The summed E-state index contributed by atoms with van der Waals surface area (Å²) in [5.74, 6) is -0.237. The second kappa shape index (κ2) is 7.71. The molecule has 0 spiro atoms. The molecule has 6 heteroatoms. The largest absolute Gasteiger partial charge is 0.444 e. The third-order valence-electron chi connectivity index (χ3n) is 5.20. The van der Waals surface area contributed by atoms with Gasteiger partial charge in [0.1, 0.15) is 5.60 Å². The monoisotopic (exact) mass is 372 g/mol. The first-order chi connectivity index (χ1) is 12.7. The number of hydrogen-bond donors (Lipinski definition) is 1. The number of amides is 3. The number of nitrogens with one attached hydrogen (secondary N) is 1. The Morgan fingerprint density at radius 1 is 1.04 bits per heavy atom. The van der Waals surface area contributed by atoms with E-state index in [0.29, 0.717) is 31.8 Å². The maximum absolute atomic E-state index is 12.2. The fraction of sp³-hybridized carbons (Fsp3) is 0.571. The Balaban J connectivity index is 1.57. The van der Waals surface area contributed by atoms with Crippen molar-refractivity contribution in [1.82, 2.24) is 10.2 Å². The minimum Gasteiger partial charge on any atom is -0.444 e. The Kier molecular flexibility index (Phi) is 5.53. The van der Waals surface area contributed by atoms with Crippen LogP contribution in [0.3, 0.4) is 0 Å². The van der Waals surface area contributed by atoms with Crippen LogP contribution < -0.4 is 5.32 Å². The lowest BCUT2D eigenvalue weighted by molar-refractivity contribution is -0.134. The average Bonchev–Trinajstić information content (AvgIpc) is 2.61. The molecule has 146 valence electrons. The van der Waals surface area contributed by atoms with Crippen molar-refractivity contribution in [1.29, 1.82) is 0 Å². The maximum atomic E-state index is 12.2. The van der Waals surface area contributed by atoms with Crippen molar-refractivity contribution in [3.63, 3.8) is 0 Å². The topological polar surface area (TPSA) is 75.7 Å². The van der Waals surface area contributed by atoms with Gasteiger partial charge in [-0.05, 0) is 57.1 Å². The molecule has 6 nitrogen and oxygen atoms in total. The molecule has 0 saturated carbocycles. The fourth-order valence-corrected chi connectivity index (χ4v) is 3.73. The zero-order valence-electron chi connectivity index (χ0n) is 16.3. The lowest BCUT2D eigenvalue weighted by Crippen LogP contribution is -2.41. The van der Waals surface area contributed by atoms with Crippen LogP contribution in [0.5, 0.6) is 0 Å². The summed E-state index contributed by atoms with van der Waals surface area (Å²) in [7, 11) is 0. The van der Waals surface area contributed by atoms with Gasteiger partial charge in [0, 0.05) is 19.5 Å². The Hall–Kier alpha value is -2.37. The van der Waals surface area contributed by atoms with Crippen molar-refractivity contribution < 1.29 is 19.1 Å². The van der Waals surface area contributed by atoms with Crippen LogP contribution in [0.15, 0.2) is 24.3 Å². The molecular weight excluding hydrogens is 344 g/mol. The summed E-state index contributed by atoms with van der Waals surface area (Å²) in [6.45, 7) is 7.01. The standard InChI is InChI=1S/C21H28N2O4/c1-21(2,3)27-20(26)23-12-10-15(11-13-23)14-4-6-16(7-5-14)17-8-9-18(24)22-19(17)25/h4-7,15,17H,8-13H2,1-3H3,(H,22,24,25)/t17-/m0/s1. The van der Waals surface area contributed by atoms with Gasteiger partial charge in [0.05, 0.1) is 5.92 Å². The van der Waals surface area contributed by atoms with Crippen LogP contribution in [-0.2, 0) is 14.3 Å². The number of nitrogens with zero attached hydrogens (tertiary/aromatic N) is 1. The molecule has 2 aliphatic heterocycles. The Morgan fingerprint density at radius 2 is 1.63 bits per heavy atom. The normalized spacial score (nSPS) is 21.7. The fourth-order valence-electron chi connectivity index (χ4n) is 3.73. The minimum absolute atomic E-state index is 0.190. The van der Waals surface area contributed by atoms with Crippen molar-refractivity contribution in [3.05, 3.63) is 35.4 Å². The van der Waals surface area contributed by atoms with Gasteiger partial charge in [0.2, 0.25) is 11.8 Å². The van der Waals surface area contributed by atoms with E-state index in [2.05, 4.69) is 17.4 Å². The molecule has 1 atom stereocenters. The van der Waals surface area contributed by atoms with Crippen molar-refractivity contribution in [2.75, 3.05) is 13.1 Å². The molecule has 0 bridgehead atoms. The van der Waals surface area contributed by atoms with E-state index >= 15 is 0 Å². The van der Waals surface area contributed by atoms with Crippen LogP contribution >= 0.6 is 0 Å². The zero-order chi connectivity index (χ0) is 19.6. The summed E-state index contributed by atoms with van der Waals surface area (Å²) in [5, 5.41) is 2.41. The summed E-state index contributed by atoms with van der Waals surface area (Å²) >= 11 is 0. The van der Waals surface area contributed by atoms with E-state index in [-0.39, 0.29) is 23.8 Å². The van der Waals surface area contributed by atoms with Gasteiger partial charge in [-0.25, -0.2) is 4.79 Å². The van der Waals surface area contributed by atoms with Crippen LogP contribution in [0, 0.1) is 0 Å². The summed E-state index contributed by atoms with van der Waals surface area (Å²) in [6.07, 6.45) is 2.52. The quantitative estimate of drug-likeness (QED) is 0.808. The molecule has 1 aromatic carbocycles. The zero-order valence-corrected chi connectivity index (χ0v) is 16.3. The highest BCUT2D eigenvalue weighted by molar-refractivity contribution is 6.00. The number of benzene rings is 1. The third-order valence-corrected chi connectivity index (χ3v) is 5.20. The van der Waals surface area contributed by atoms with Crippen LogP contribution in [0.2, 0.25) is 0 Å². The van der Waals surface area contributed by atoms with Gasteiger partial charge in [-0.3, -0.25) is 14.9 Å². The molecule has 3 amide bonds. The van der Waals surface area contributed by atoms with Crippen molar-refractivity contribution in [2.24, 2.45) is 0 Å². The van der Waals surface area contributed by atoms with Crippen molar-refractivity contribution in [3.8, 4) is 0 Å². The van der Waals surface area contributed by atoms with Gasteiger partial charge in [-0.15, -0.1) is 0 Å². The van der Waals surface area contributed by atoms with Crippen LogP contribution in [0.1, 0.15) is 69.4 Å². The van der Waals surface area contributed by atoms with Crippen LogP contribution in [-0.4, -0.2) is 41.5 Å². The van der Waals surface area contributed by atoms with Gasteiger partial charge in [-0.2, -0.15) is 0 Å². The van der Waals surface area contributed by atoms with Gasteiger partial charge in [0.25, 0.3) is 0 Å². The third kappa shape index (κ3) is 4.87. The first-order valence-electron chi connectivity index (χ1n) is 9.64. The smallest absolute Gasteiger partial charge is 0.410 e. The van der Waals surface area contributed by atoms with E-state index in [4.69, 9.17) is 4.74 Å². The summed E-state index contributed by atoms with van der Waals surface area (Å²) in [6, 6.07) is 8.14. The molecule has 0 aliphatic carbocycles. The van der Waals surface area contributed by atoms with E-state index in [1.165, 1.54) is 5.56 Å². The number of hydrogen-bond acceptors (Lipinski definition) is 4. The van der Waals surface area contributed by atoms with E-state index in [1.54, 1.807) is 4.90 Å². The number of likely N-dealkylation sites (tertiary alicyclic amines) is 1. The molecule has 0 unspecified atom stereocenters. The number of ether oxygens (including phenoxy) is 1. The predicted octanol–water partition coefficient (Wildman–Crippen LogP) is 3.32. The first-order valence-corrected chi connectivity index (χ1v) is 9.64. The molecule has 2 fully saturated rings. The molecular formula is C21H28N2O4. The summed E-state index contributed by atoms with van der Waals surface area (Å²) in [4.78, 5) is 37.3. The second-order valence-corrected chi connectivity index (χ2v) is 8.41. The highest BCUT2D eigenvalue weighted by Gasteiger charge is 2.29. The number of piperidine rings is 2. The minimum atomic E-state index is -0.472. The number of carbonyl (C=O) groups is 3. The highest BCUT2D eigenvalue weighted by atomic mass is 16.6. The van der Waals surface area contributed by atoms with Crippen molar-refractivity contribution >= 4 is 17.9 Å². The van der Waals surface area contributed by atoms with Gasteiger partial charge < -0.3 is 9.64 Å². The van der Waals surface area contributed by atoms with Crippen LogP contribution in [0.25, 0.3) is 0 Å². The van der Waals surface area contributed by atoms with E-state index < -0.39 is 5.60 Å². The summed E-state index contributed by atoms with van der Waals surface area (Å²) < 4.78 is 5.44. The lowest BCUT2D eigenvalue weighted by atomic mass is 9.86. The summed E-state index contributed by atoms with van der Waals surface area (Å²) in [5.41, 5.74) is 1.71. The van der Waals surface area contributed by atoms with Crippen LogP contribution in [0.4, 0.5) is 4.79 Å². The molecule has 2 saturated heterocycles. The molecule has 0 aromatic heterocycles. The molecule has 1 N–H and O–H groups in total. The van der Waals surface area contributed by atoms with E-state index in [0.717, 1.165) is 18.4 Å². The second-order valence-electron chi connectivity index (χ2n) is 8.41. The van der Waals surface area contributed by atoms with Gasteiger partial charge in [-0.1, -0.05) is 24.3 Å². The predicted molar refractivity (Wildman–Crippen MR) is 101 cm³/mol. The highest BCUT2D eigenvalue weighted by Crippen LogP contribution is 2.31. The van der Waals surface area contributed by atoms with Gasteiger partial charge >= 0.3 is 6.09 Å². The number of carbonyl (C=O) groups excluding carboxylic acids is 3. The van der Waals surface area contributed by atoms with Gasteiger partial charge in [0.15, 0.2) is 0 Å². The Bertz CT molecular complexity index is 713. The molecule has 0 radical (unpaired) electrons. The van der Waals surface area contributed by atoms with E-state index in [9.17, 15) is 14.4 Å². The molecule has 27 heavy (non-hydrogen) atoms. The number of imide groups is 1.